The molecule has 0 spiro atoms. The van der Waals surface area contributed by atoms with Gasteiger partial charge in [0, 0.05) is 25.3 Å². The average molecular weight is 303 g/mol. The zero-order valence-electron chi connectivity index (χ0n) is 12.8. The molecule has 5 nitrogen and oxygen atoms in total. The number of piperidine rings is 1. The van der Waals surface area contributed by atoms with Crippen LogP contribution in [0.5, 0.6) is 0 Å². The van der Waals surface area contributed by atoms with Crippen molar-refractivity contribution in [1.82, 2.24) is 4.90 Å². The number of hydrogen-bond donors (Lipinski definition) is 0. The predicted octanol–water partition coefficient (Wildman–Crippen LogP) is 2.30. The highest BCUT2D eigenvalue weighted by molar-refractivity contribution is 5.98. The Morgan fingerprint density at radius 1 is 1.27 bits per heavy atom. The molecular formula is C17H21NO4. The third-order valence-corrected chi connectivity index (χ3v) is 3.79. The van der Waals surface area contributed by atoms with E-state index in [0.717, 1.165) is 5.56 Å². The van der Waals surface area contributed by atoms with Gasteiger partial charge in [0.25, 0.3) is 0 Å². The lowest BCUT2D eigenvalue weighted by Gasteiger charge is -2.28. The fraction of sp³-hybridized carbons (Fsp3) is 0.471. The van der Waals surface area contributed by atoms with E-state index in [-0.39, 0.29) is 36.7 Å². The Morgan fingerprint density at radius 2 is 2.00 bits per heavy atom. The van der Waals surface area contributed by atoms with Gasteiger partial charge in [-0.1, -0.05) is 37.3 Å². The van der Waals surface area contributed by atoms with Gasteiger partial charge < -0.3 is 4.74 Å². The Balaban J connectivity index is 1.70. The van der Waals surface area contributed by atoms with Crippen molar-refractivity contribution in [3.05, 3.63) is 35.9 Å². The van der Waals surface area contributed by atoms with E-state index in [0.29, 0.717) is 25.8 Å². The predicted molar refractivity (Wildman–Crippen MR) is 80.6 cm³/mol. The molecule has 118 valence electrons. The molecule has 1 aromatic rings. The molecule has 0 bridgehead atoms. The molecule has 0 N–H and O–H groups in total. The summed E-state index contributed by atoms with van der Waals surface area (Å²) in [6.07, 6.45) is 1.68. The van der Waals surface area contributed by atoms with Crippen LogP contribution in [0.3, 0.4) is 0 Å². The van der Waals surface area contributed by atoms with Crippen molar-refractivity contribution in [2.24, 2.45) is 5.92 Å². The highest BCUT2D eigenvalue weighted by atomic mass is 16.5. The van der Waals surface area contributed by atoms with E-state index in [1.54, 1.807) is 0 Å². The van der Waals surface area contributed by atoms with Crippen LogP contribution in [-0.4, -0.2) is 29.2 Å². The number of esters is 1. The van der Waals surface area contributed by atoms with Crippen molar-refractivity contribution >= 4 is 17.8 Å². The molecule has 1 atom stereocenters. The van der Waals surface area contributed by atoms with Gasteiger partial charge in [-0.15, -0.1) is 0 Å². The van der Waals surface area contributed by atoms with Gasteiger partial charge in [0.2, 0.25) is 11.8 Å². The van der Waals surface area contributed by atoms with Crippen LogP contribution in [0.15, 0.2) is 30.3 Å². The summed E-state index contributed by atoms with van der Waals surface area (Å²) < 4.78 is 5.16. The second-order valence-corrected chi connectivity index (χ2v) is 5.57. The van der Waals surface area contributed by atoms with Crippen LogP contribution in [0.25, 0.3) is 0 Å². The van der Waals surface area contributed by atoms with E-state index in [9.17, 15) is 14.4 Å². The van der Waals surface area contributed by atoms with Gasteiger partial charge in [-0.25, -0.2) is 0 Å². The lowest BCUT2D eigenvalue weighted by atomic mass is 9.98. The van der Waals surface area contributed by atoms with Crippen molar-refractivity contribution in [1.29, 1.82) is 0 Å². The number of carbonyl (C=O) groups excluding carboxylic acids is 3. The number of benzene rings is 1. The summed E-state index contributed by atoms with van der Waals surface area (Å²) in [7, 11) is 0. The second-order valence-electron chi connectivity index (χ2n) is 5.57. The van der Waals surface area contributed by atoms with Gasteiger partial charge in [-0.05, 0) is 18.4 Å². The van der Waals surface area contributed by atoms with Gasteiger partial charge >= 0.3 is 5.97 Å². The lowest BCUT2D eigenvalue weighted by Crippen LogP contribution is -2.44. The van der Waals surface area contributed by atoms with Crippen molar-refractivity contribution < 1.29 is 19.1 Å². The fourth-order valence-electron chi connectivity index (χ4n) is 2.41. The molecule has 2 amide bonds. The van der Waals surface area contributed by atoms with Crippen LogP contribution in [0.1, 0.15) is 38.2 Å². The van der Waals surface area contributed by atoms with Crippen LogP contribution in [0.2, 0.25) is 0 Å². The van der Waals surface area contributed by atoms with Gasteiger partial charge in [0.1, 0.15) is 6.61 Å². The van der Waals surface area contributed by atoms with E-state index in [4.69, 9.17) is 4.74 Å². The maximum absolute atomic E-state index is 11.9. The van der Waals surface area contributed by atoms with E-state index in [1.807, 2.05) is 37.3 Å². The number of likely N-dealkylation sites (tertiary alicyclic amines) is 1. The third-order valence-electron chi connectivity index (χ3n) is 3.79. The Labute approximate surface area is 130 Å². The summed E-state index contributed by atoms with van der Waals surface area (Å²) in [5.41, 5.74) is 0.936. The SMILES string of the molecule is CC1CCC(=O)N(CCCC(=O)OCc2ccccc2)C1=O. The topological polar surface area (TPSA) is 63.7 Å². The maximum atomic E-state index is 11.9. The molecule has 1 unspecified atom stereocenters. The molecule has 1 aliphatic rings. The number of ether oxygens (including phenoxy) is 1. The number of imide groups is 1. The van der Waals surface area contributed by atoms with Crippen LogP contribution >= 0.6 is 0 Å². The number of hydrogen-bond acceptors (Lipinski definition) is 4. The number of amides is 2. The Kier molecular flexibility index (Phi) is 5.69. The minimum Gasteiger partial charge on any atom is -0.461 e. The van der Waals surface area contributed by atoms with Crippen molar-refractivity contribution in [3.8, 4) is 0 Å². The Hall–Kier alpha value is -2.17. The van der Waals surface area contributed by atoms with E-state index >= 15 is 0 Å². The molecule has 1 saturated heterocycles. The quantitative estimate of drug-likeness (QED) is 0.597. The van der Waals surface area contributed by atoms with Crippen LogP contribution in [-0.2, 0) is 25.7 Å². The normalized spacial score (nSPS) is 18.4. The average Bonchev–Trinajstić information content (AvgIpc) is 2.53. The first kappa shape index (κ1) is 16.2. The molecular weight excluding hydrogens is 282 g/mol. The monoisotopic (exact) mass is 303 g/mol. The minimum atomic E-state index is -0.311. The molecule has 22 heavy (non-hydrogen) atoms. The van der Waals surface area contributed by atoms with Gasteiger partial charge in [0.15, 0.2) is 0 Å². The summed E-state index contributed by atoms with van der Waals surface area (Å²) >= 11 is 0. The molecule has 1 fully saturated rings. The highest BCUT2D eigenvalue weighted by Gasteiger charge is 2.30. The molecule has 1 heterocycles. The summed E-state index contributed by atoms with van der Waals surface area (Å²) in [5, 5.41) is 0. The van der Waals surface area contributed by atoms with Crippen molar-refractivity contribution in [2.75, 3.05) is 6.54 Å². The second kappa shape index (κ2) is 7.73. The standard InChI is InChI=1S/C17H21NO4/c1-13-9-10-15(19)18(17(13)21)11-5-8-16(20)22-12-14-6-3-2-4-7-14/h2-4,6-7,13H,5,8-12H2,1H3. The lowest BCUT2D eigenvalue weighted by molar-refractivity contribution is -0.152. The molecule has 0 radical (unpaired) electrons. The number of rotatable bonds is 6. The molecule has 1 aromatic carbocycles. The van der Waals surface area contributed by atoms with Gasteiger partial charge in [0.05, 0.1) is 0 Å². The first-order chi connectivity index (χ1) is 10.6. The summed E-state index contributed by atoms with van der Waals surface area (Å²) in [6, 6.07) is 9.45. The molecule has 2 rings (SSSR count). The first-order valence-corrected chi connectivity index (χ1v) is 7.61. The van der Waals surface area contributed by atoms with Crippen LogP contribution in [0, 0.1) is 5.92 Å². The zero-order valence-corrected chi connectivity index (χ0v) is 12.8. The van der Waals surface area contributed by atoms with E-state index in [2.05, 4.69) is 0 Å². The van der Waals surface area contributed by atoms with Crippen LogP contribution < -0.4 is 0 Å². The van der Waals surface area contributed by atoms with Crippen molar-refractivity contribution in [2.45, 2.75) is 39.2 Å². The first-order valence-electron chi connectivity index (χ1n) is 7.61. The van der Waals surface area contributed by atoms with Gasteiger partial charge in [-0.2, -0.15) is 0 Å². The molecule has 0 saturated carbocycles. The molecule has 0 aromatic heterocycles. The number of nitrogens with zero attached hydrogens (tertiary/aromatic N) is 1. The summed E-state index contributed by atoms with van der Waals surface area (Å²) in [5.74, 6) is -0.689. The van der Waals surface area contributed by atoms with E-state index < -0.39 is 0 Å². The third kappa shape index (κ3) is 4.41. The highest BCUT2D eigenvalue weighted by Crippen LogP contribution is 2.18. The largest absolute Gasteiger partial charge is 0.461 e. The Morgan fingerprint density at radius 3 is 2.73 bits per heavy atom. The zero-order chi connectivity index (χ0) is 15.9. The molecule has 0 aliphatic carbocycles. The maximum Gasteiger partial charge on any atom is 0.306 e. The smallest absolute Gasteiger partial charge is 0.306 e. The molecule has 5 heteroatoms. The van der Waals surface area contributed by atoms with Crippen molar-refractivity contribution in [3.63, 3.8) is 0 Å². The Bertz CT molecular complexity index is 541. The summed E-state index contributed by atoms with van der Waals surface area (Å²) in [6.45, 7) is 2.37. The van der Waals surface area contributed by atoms with Gasteiger partial charge in [-0.3, -0.25) is 19.3 Å². The number of carbonyl (C=O) groups is 3. The van der Waals surface area contributed by atoms with E-state index in [1.165, 1.54) is 4.90 Å². The minimum absolute atomic E-state index is 0.109. The van der Waals surface area contributed by atoms with Crippen LogP contribution in [0.4, 0.5) is 0 Å². The fourth-order valence-corrected chi connectivity index (χ4v) is 2.41. The summed E-state index contributed by atoms with van der Waals surface area (Å²) in [4.78, 5) is 36.6. The molecule has 1 aliphatic heterocycles.